The molecule has 0 radical (unpaired) electrons. The van der Waals surface area contributed by atoms with E-state index in [-0.39, 0.29) is 37.7 Å². The molecule has 2 aromatic heterocycles. The standard InChI is InChI=1S/C23H22F3N3O4S2/c1-13-21(35-20(10-30)27-13)16-11-34-19(28-16)8-18(31)17-7-15(14-5-3-2-4-6-14)9-29(17)22(32)33-12-23(24,25)26/h2-6,11,15,17,30H,7-10,12H2,1H3/t15-,17+/m1/s1. The number of likely N-dealkylation sites (tertiary alicyclic amines) is 1. The molecule has 12 heteroatoms. The van der Waals surface area contributed by atoms with Crippen LogP contribution in [-0.4, -0.2) is 57.2 Å². The molecule has 0 unspecified atom stereocenters. The lowest BCUT2D eigenvalue weighted by Gasteiger charge is -2.23. The van der Waals surface area contributed by atoms with Gasteiger partial charge in [0.15, 0.2) is 12.4 Å². The Kier molecular flexibility index (Phi) is 7.53. The van der Waals surface area contributed by atoms with E-state index in [0.29, 0.717) is 15.7 Å². The predicted molar refractivity (Wildman–Crippen MR) is 124 cm³/mol. The minimum Gasteiger partial charge on any atom is -0.440 e. The van der Waals surface area contributed by atoms with Crippen LogP contribution in [0.15, 0.2) is 35.7 Å². The van der Waals surface area contributed by atoms with Crippen LogP contribution in [0.1, 0.15) is 33.6 Å². The van der Waals surface area contributed by atoms with Gasteiger partial charge in [0.2, 0.25) is 0 Å². The molecule has 35 heavy (non-hydrogen) atoms. The molecule has 1 aromatic carbocycles. The minimum absolute atomic E-state index is 0.0649. The molecule has 0 aliphatic carbocycles. The number of rotatable bonds is 7. The molecule has 3 heterocycles. The Hall–Kier alpha value is -2.83. The van der Waals surface area contributed by atoms with E-state index in [0.717, 1.165) is 21.0 Å². The number of hydrogen-bond acceptors (Lipinski definition) is 8. The predicted octanol–water partition coefficient (Wildman–Crippen LogP) is 4.74. The van der Waals surface area contributed by atoms with Gasteiger partial charge in [0.05, 0.1) is 35.3 Å². The van der Waals surface area contributed by atoms with Crippen LogP contribution < -0.4 is 0 Å². The quantitative estimate of drug-likeness (QED) is 0.479. The van der Waals surface area contributed by atoms with Crippen molar-refractivity contribution in [3.8, 4) is 10.6 Å². The number of carbonyl (C=O) groups excluding carboxylic acids is 2. The van der Waals surface area contributed by atoms with Crippen molar-refractivity contribution < 1.29 is 32.6 Å². The van der Waals surface area contributed by atoms with Gasteiger partial charge in [-0.15, -0.1) is 22.7 Å². The van der Waals surface area contributed by atoms with E-state index in [4.69, 9.17) is 0 Å². The topological polar surface area (TPSA) is 92.6 Å². The van der Waals surface area contributed by atoms with E-state index < -0.39 is 24.9 Å². The number of carbonyl (C=O) groups is 2. The number of aryl methyl sites for hydroxylation is 1. The monoisotopic (exact) mass is 525 g/mol. The van der Waals surface area contributed by atoms with E-state index in [9.17, 15) is 27.9 Å². The van der Waals surface area contributed by atoms with Crippen molar-refractivity contribution in [3.05, 3.63) is 57.0 Å². The maximum absolute atomic E-state index is 13.2. The van der Waals surface area contributed by atoms with Gasteiger partial charge in [-0.05, 0) is 18.9 Å². The van der Waals surface area contributed by atoms with Crippen LogP contribution in [0.5, 0.6) is 0 Å². The number of ketones is 1. The number of aliphatic hydroxyl groups is 1. The Bertz CT molecular complexity index is 1200. The van der Waals surface area contributed by atoms with Crippen molar-refractivity contribution in [1.82, 2.24) is 14.9 Å². The summed E-state index contributed by atoms with van der Waals surface area (Å²) in [4.78, 5) is 36.4. The second-order valence-corrected chi connectivity index (χ2v) is 10.2. The lowest BCUT2D eigenvalue weighted by molar-refractivity contribution is -0.162. The first-order valence-corrected chi connectivity index (χ1v) is 12.4. The van der Waals surface area contributed by atoms with Crippen molar-refractivity contribution in [3.63, 3.8) is 0 Å². The Morgan fingerprint density at radius 3 is 2.60 bits per heavy atom. The van der Waals surface area contributed by atoms with Crippen LogP contribution >= 0.6 is 22.7 Å². The smallest absolute Gasteiger partial charge is 0.422 e. The molecular weight excluding hydrogens is 503 g/mol. The molecule has 1 aliphatic heterocycles. The molecule has 1 fully saturated rings. The number of halogens is 3. The highest BCUT2D eigenvalue weighted by atomic mass is 32.1. The molecular formula is C23H22F3N3O4S2. The molecule has 0 bridgehead atoms. The van der Waals surface area contributed by atoms with Gasteiger partial charge in [-0.25, -0.2) is 14.8 Å². The molecule has 4 rings (SSSR count). The summed E-state index contributed by atoms with van der Waals surface area (Å²) in [6, 6.07) is 8.31. The van der Waals surface area contributed by atoms with Crippen molar-refractivity contribution in [1.29, 1.82) is 0 Å². The molecule has 0 spiro atoms. The number of hydrogen-bond donors (Lipinski definition) is 1. The third kappa shape index (κ3) is 6.06. The number of ether oxygens (including phenoxy) is 1. The highest BCUT2D eigenvalue weighted by Gasteiger charge is 2.42. The number of alkyl halides is 3. The average molecular weight is 526 g/mol. The highest BCUT2D eigenvalue weighted by molar-refractivity contribution is 7.16. The summed E-state index contributed by atoms with van der Waals surface area (Å²) >= 11 is 2.60. The van der Waals surface area contributed by atoms with Crippen molar-refractivity contribution in [2.45, 2.75) is 44.5 Å². The third-order valence-corrected chi connectivity index (χ3v) is 7.64. The first-order chi connectivity index (χ1) is 16.6. The fourth-order valence-corrected chi connectivity index (χ4v) is 5.81. The maximum Gasteiger partial charge on any atom is 0.422 e. The van der Waals surface area contributed by atoms with Crippen LogP contribution in [0, 0.1) is 6.92 Å². The fraction of sp³-hybridized carbons (Fsp3) is 0.391. The molecule has 1 aliphatic rings. The molecule has 3 aromatic rings. The fourth-order valence-electron chi connectivity index (χ4n) is 4.06. The molecule has 1 N–H and O–H groups in total. The van der Waals surface area contributed by atoms with E-state index in [2.05, 4.69) is 14.7 Å². The number of nitrogens with zero attached hydrogens (tertiary/aromatic N) is 3. The van der Waals surface area contributed by atoms with Gasteiger partial charge in [0.25, 0.3) is 0 Å². The zero-order valence-electron chi connectivity index (χ0n) is 18.6. The van der Waals surface area contributed by atoms with E-state index in [1.54, 1.807) is 5.38 Å². The van der Waals surface area contributed by atoms with Gasteiger partial charge >= 0.3 is 12.3 Å². The number of amides is 1. The van der Waals surface area contributed by atoms with Gasteiger partial charge in [-0.3, -0.25) is 9.69 Å². The summed E-state index contributed by atoms with van der Waals surface area (Å²) in [5.74, 6) is -0.516. The first-order valence-electron chi connectivity index (χ1n) is 10.7. The number of thiazole rings is 2. The van der Waals surface area contributed by atoms with Gasteiger partial charge in [-0.1, -0.05) is 30.3 Å². The second-order valence-electron chi connectivity index (χ2n) is 8.13. The number of benzene rings is 1. The Balaban J connectivity index is 1.51. The lowest BCUT2D eigenvalue weighted by atomic mass is 9.95. The van der Waals surface area contributed by atoms with Crippen LogP contribution in [0.25, 0.3) is 10.6 Å². The maximum atomic E-state index is 13.2. The first kappa shape index (κ1) is 25.3. The SMILES string of the molecule is Cc1nc(CO)sc1-c1csc(CC(=O)[C@@H]2C[C@@H](c3ccccc3)CN2C(=O)OCC(F)(F)F)n1. The minimum atomic E-state index is -4.66. The summed E-state index contributed by atoms with van der Waals surface area (Å²) < 4.78 is 42.3. The molecule has 0 saturated carbocycles. The zero-order chi connectivity index (χ0) is 25.2. The molecule has 2 atom stereocenters. The molecule has 186 valence electrons. The van der Waals surface area contributed by atoms with Crippen LogP contribution in [0.2, 0.25) is 0 Å². The van der Waals surface area contributed by atoms with E-state index in [1.165, 1.54) is 22.7 Å². The van der Waals surface area contributed by atoms with Crippen molar-refractivity contribution in [2.24, 2.45) is 0 Å². The van der Waals surface area contributed by atoms with Crippen LogP contribution in [0.3, 0.4) is 0 Å². The number of Topliss-reactive ketones (excluding diaryl/α,β-unsaturated/α-hetero) is 1. The van der Waals surface area contributed by atoms with Crippen LogP contribution in [-0.2, 0) is 22.6 Å². The Morgan fingerprint density at radius 1 is 1.20 bits per heavy atom. The third-order valence-electron chi connectivity index (χ3n) is 5.62. The van der Waals surface area contributed by atoms with E-state index >= 15 is 0 Å². The van der Waals surface area contributed by atoms with Gasteiger partial charge in [0, 0.05) is 17.8 Å². The summed E-state index contributed by atoms with van der Waals surface area (Å²) in [6.45, 7) is 0.0106. The Morgan fingerprint density at radius 2 is 1.94 bits per heavy atom. The molecule has 1 amide bonds. The van der Waals surface area contributed by atoms with Gasteiger partial charge < -0.3 is 9.84 Å². The lowest BCUT2D eigenvalue weighted by Crippen LogP contribution is -2.42. The second kappa shape index (κ2) is 10.4. The number of aliphatic hydroxyl groups excluding tert-OH is 1. The van der Waals surface area contributed by atoms with Gasteiger partial charge in [-0.2, -0.15) is 13.2 Å². The number of aromatic nitrogens is 2. The summed E-state index contributed by atoms with van der Waals surface area (Å²) in [5, 5.41) is 12.2. The highest BCUT2D eigenvalue weighted by Crippen LogP contribution is 2.35. The molecule has 7 nitrogen and oxygen atoms in total. The van der Waals surface area contributed by atoms with Gasteiger partial charge in [0.1, 0.15) is 10.0 Å². The van der Waals surface area contributed by atoms with Crippen molar-refractivity contribution in [2.75, 3.05) is 13.2 Å². The van der Waals surface area contributed by atoms with E-state index in [1.807, 2.05) is 37.3 Å². The Labute approximate surface area is 207 Å². The van der Waals surface area contributed by atoms with Crippen LogP contribution in [0.4, 0.5) is 18.0 Å². The van der Waals surface area contributed by atoms with Crippen molar-refractivity contribution >= 4 is 34.6 Å². The largest absolute Gasteiger partial charge is 0.440 e. The molecule has 1 saturated heterocycles. The zero-order valence-corrected chi connectivity index (χ0v) is 20.3. The summed E-state index contributed by atoms with van der Waals surface area (Å²) in [5.41, 5.74) is 2.26. The normalized spacial score (nSPS) is 18.1. The average Bonchev–Trinajstić information content (AvgIpc) is 3.55. The summed E-state index contributed by atoms with van der Waals surface area (Å²) in [6.07, 6.45) is -5.59. The summed E-state index contributed by atoms with van der Waals surface area (Å²) in [7, 11) is 0.